The molecule has 1 unspecified atom stereocenters. The number of anilines is 3. The molecule has 0 radical (unpaired) electrons. The van der Waals surface area contributed by atoms with E-state index in [-0.39, 0.29) is 28.9 Å². The number of para-hydroxylation sites is 3. The number of furan rings is 3. The highest BCUT2D eigenvalue weighted by molar-refractivity contribution is 8.02. The monoisotopic (exact) mass is 1120 g/mol. The highest BCUT2D eigenvalue weighted by atomic mass is 32.2. The van der Waals surface area contributed by atoms with Gasteiger partial charge in [-0.05, 0) is 101 Å². The summed E-state index contributed by atoms with van der Waals surface area (Å²) in [6.45, 7) is 16.8. The normalized spacial score (nSPS) is 13.5. The molecular formula is C57H64N12O7S3. The molecular weight excluding hydrogens is 1060 g/mol. The Morgan fingerprint density at radius 2 is 0.886 bits per heavy atom. The van der Waals surface area contributed by atoms with Crippen LogP contribution in [0.1, 0.15) is 85.9 Å². The Bertz CT molecular complexity index is 3320. The van der Waals surface area contributed by atoms with Crippen LogP contribution in [0.25, 0.3) is 34.2 Å². The molecule has 6 heterocycles. The van der Waals surface area contributed by atoms with Crippen LogP contribution in [0.4, 0.5) is 17.1 Å². The highest BCUT2D eigenvalue weighted by Gasteiger charge is 2.53. The van der Waals surface area contributed by atoms with Crippen LogP contribution in [0.2, 0.25) is 0 Å². The van der Waals surface area contributed by atoms with Crippen LogP contribution in [0.3, 0.4) is 0 Å². The third-order valence-corrected chi connectivity index (χ3v) is 15.9. The Morgan fingerprint density at radius 1 is 0.519 bits per heavy atom. The molecule has 412 valence electrons. The van der Waals surface area contributed by atoms with E-state index in [1.54, 1.807) is 31.1 Å². The number of aromatic nitrogens is 9. The van der Waals surface area contributed by atoms with Gasteiger partial charge in [0.2, 0.25) is 23.6 Å². The van der Waals surface area contributed by atoms with Gasteiger partial charge in [0.1, 0.15) is 28.3 Å². The molecule has 0 bridgehead atoms. The van der Waals surface area contributed by atoms with Crippen LogP contribution < -0.4 is 16.0 Å². The molecule has 11 rings (SSSR count). The topological polar surface area (TPSA) is 236 Å². The lowest BCUT2D eigenvalue weighted by molar-refractivity contribution is -0.117. The molecule has 0 spiro atoms. The summed E-state index contributed by atoms with van der Waals surface area (Å²) in [7, 11) is 0. The van der Waals surface area contributed by atoms with Crippen LogP contribution in [0.15, 0.2) is 175 Å². The number of hydrogen-bond acceptors (Lipinski definition) is 16. The number of carbonyl (C=O) groups is 4. The van der Waals surface area contributed by atoms with E-state index >= 15 is 0 Å². The van der Waals surface area contributed by atoms with Crippen LogP contribution >= 0.6 is 35.3 Å². The van der Waals surface area contributed by atoms with Gasteiger partial charge in [0.25, 0.3) is 0 Å². The minimum atomic E-state index is -0.621. The predicted octanol–water partition coefficient (Wildman–Crippen LogP) is 13.0. The van der Waals surface area contributed by atoms with Gasteiger partial charge in [-0.2, -0.15) is 0 Å². The number of nitrogens with one attached hydrogen (secondary N) is 3. The van der Waals surface area contributed by atoms with Crippen molar-refractivity contribution >= 4 is 76.0 Å². The molecule has 3 amide bonds. The zero-order valence-corrected chi connectivity index (χ0v) is 47.7. The summed E-state index contributed by atoms with van der Waals surface area (Å²) in [5.74, 6) is 1.57. The number of benzene rings is 3. The standard InChI is InChI=1S/C18H16N4O3S.C18H18N4O2S.C17H18N4O2S.2C2H6/c1-12(23)22-15(13-7-10-25-11-13)20-21-17(22)26-18(8-9-18)16(24)19-14-5-3-2-4-6-14;1-2-22-15(13-8-11-24-12-13)20-21-17(22)25-18(9-10-18)16(23)19-14-6-4-3-5-7-14;1-3-21-15(13-9-10-23-11-13)19-20-17(21)24-12(2)16(22)18-14-7-5-4-6-8-14;2*1-2/h2-7,10-11H,8-9H2,1H3,(H,19,24);3-8,11-12H,2,9-10H2,1H3,(H,19,23);4-12H,3H2,1-2H3,(H,18,22);2*1-2H3. The minimum Gasteiger partial charge on any atom is -0.472 e. The maximum atomic E-state index is 12.7. The largest absolute Gasteiger partial charge is 0.472 e. The maximum Gasteiger partial charge on any atom is 0.241 e. The van der Waals surface area contributed by atoms with E-state index in [9.17, 15) is 19.2 Å². The summed E-state index contributed by atoms with van der Waals surface area (Å²) in [5, 5.41) is 35.7. The fourth-order valence-corrected chi connectivity index (χ4v) is 10.9. The van der Waals surface area contributed by atoms with E-state index in [4.69, 9.17) is 13.3 Å². The third kappa shape index (κ3) is 14.8. The molecule has 2 aliphatic carbocycles. The van der Waals surface area contributed by atoms with Gasteiger partial charge in [-0.15, -0.1) is 30.6 Å². The lowest BCUT2D eigenvalue weighted by Crippen LogP contribution is -2.27. The summed E-state index contributed by atoms with van der Waals surface area (Å²) in [5.41, 5.74) is 4.77. The second-order valence-corrected chi connectivity index (χ2v) is 21.3. The Kier molecular flexibility index (Phi) is 20.9. The molecule has 0 saturated heterocycles. The van der Waals surface area contributed by atoms with E-state index < -0.39 is 9.49 Å². The number of rotatable bonds is 17. The Balaban J connectivity index is 0.000000166. The molecule has 3 aromatic carbocycles. The number of hydrogen-bond donors (Lipinski definition) is 3. The molecule has 22 heteroatoms. The lowest BCUT2D eigenvalue weighted by Gasteiger charge is -2.15. The molecule has 1 atom stereocenters. The average Bonchev–Trinajstić information content (AvgIpc) is 4.09. The highest BCUT2D eigenvalue weighted by Crippen LogP contribution is 2.53. The fraction of sp³-hybridized carbons (Fsp3) is 0.298. The van der Waals surface area contributed by atoms with Crippen LogP contribution in [-0.2, 0) is 27.5 Å². The first kappa shape index (κ1) is 58.7. The predicted molar refractivity (Wildman–Crippen MR) is 310 cm³/mol. The number of amides is 3. The summed E-state index contributed by atoms with van der Waals surface area (Å²) in [4.78, 5) is 50.0. The van der Waals surface area contributed by atoms with Gasteiger partial charge in [-0.3, -0.25) is 19.2 Å². The molecule has 3 N–H and O–H groups in total. The second kappa shape index (κ2) is 28.1. The number of carbonyl (C=O) groups excluding carboxylic acids is 4. The Morgan fingerprint density at radius 3 is 1.28 bits per heavy atom. The molecule has 9 aromatic rings. The van der Waals surface area contributed by atoms with Crippen molar-refractivity contribution in [1.29, 1.82) is 0 Å². The van der Waals surface area contributed by atoms with Crippen molar-refractivity contribution in [2.24, 2.45) is 0 Å². The molecule has 6 aromatic heterocycles. The molecule has 19 nitrogen and oxygen atoms in total. The second-order valence-electron chi connectivity index (χ2n) is 17.2. The first-order valence-electron chi connectivity index (χ1n) is 26.0. The van der Waals surface area contributed by atoms with Crippen LogP contribution in [0, 0.1) is 0 Å². The van der Waals surface area contributed by atoms with Gasteiger partial charge in [-0.1, -0.05) is 118 Å². The van der Waals surface area contributed by atoms with E-state index in [1.165, 1.54) is 59.3 Å². The van der Waals surface area contributed by atoms with Crippen molar-refractivity contribution in [1.82, 2.24) is 44.3 Å². The van der Waals surface area contributed by atoms with Gasteiger partial charge < -0.3 is 38.3 Å². The van der Waals surface area contributed by atoms with E-state index in [0.717, 1.165) is 77.2 Å². The van der Waals surface area contributed by atoms with Crippen molar-refractivity contribution in [3.05, 3.63) is 147 Å². The third-order valence-electron chi connectivity index (χ3n) is 11.9. The quantitative estimate of drug-likeness (QED) is 0.0719. The van der Waals surface area contributed by atoms with Crippen molar-refractivity contribution in [2.75, 3.05) is 16.0 Å². The lowest BCUT2D eigenvalue weighted by atomic mass is 10.3. The summed E-state index contributed by atoms with van der Waals surface area (Å²) in [6.07, 6.45) is 12.7. The zero-order valence-electron chi connectivity index (χ0n) is 45.3. The summed E-state index contributed by atoms with van der Waals surface area (Å²) >= 11 is 4.17. The van der Waals surface area contributed by atoms with Crippen molar-refractivity contribution in [2.45, 2.75) is 124 Å². The summed E-state index contributed by atoms with van der Waals surface area (Å²) < 4.78 is 19.7. The van der Waals surface area contributed by atoms with Gasteiger partial charge in [0, 0.05) is 37.1 Å². The van der Waals surface area contributed by atoms with E-state index in [1.807, 2.05) is 161 Å². The maximum absolute atomic E-state index is 12.7. The molecule has 0 aliphatic heterocycles. The van der Waals surface area contributed by atoms with Crippen molar-refractivity contribution in [3.63, 3.8) is 0 Å². The molecule has 79 heavy (non-hydrogen) atoms. The van der Waals surface area contributed by atoms with Crippen molar-refractivity contribution < 1.29 is 32.4 Å². The summed E-state index contributed by atoms with van der Waals surface area (Å²) in [6, 6.07) is 33.7. The van der Waals surface area contributed by atoms with Crippen LogP contribution in [0.5, 0.6) is 0 Å². The molecule has 2 saturated carbocycles. The smallest absolute Gasteiger partial charge is 0.241 e. The van der Waals surface area contributed by atoms with E-state index in [2.05, 4.69) is 46.5 Å². The number of thioether (sulfide) groups is 3. The minimum absolute atomic E-state index is 0.0271. The Hall–Kier alpha value is -7.95. The first-order valence-corrected chi connectivity index (χ1v) is 28.5. The van der Waals surface area contributed by atoms with Gasteiger partial charge in [0.05, 0.1) is 40.7 Å². The van der Waals surface area contributed by atoms with Gasteiger partial charge in [0.15, 0.2) is 32.9 Å². The zero-order chi connectivity index (χ0) is 56.4. The molecule has 2 aliphatic rings. The first-order chi connectivity index (χ1) is 38.5. The van der Waals surface area contributed by atoms with Crippen LogP contribution in [-0.4, -0.2) is 82.7 Å². The average molecular weight is 1130 g/mol. The Labute approximate surface area is 471 Å². The fourth-order valence-electron chi connectivity index (χ4n) is 7.56. The SMILES string of the molecule is CC.CC.CC(=O)n1c(SC2(C(=O)Nc3ccccc3)CC2)nnc1-c1ccoc1.CCn1c(SC(C)C(=O)Nc2ccccc2)nnc1-c1ccoc1.CCn1c(SC2(C(=O)Nc3ccccc3)CC2)nnc1-c1ccoc1. The van der Waals surface area contributed by atoms with Gasteiger partial charge in [-0.25, -0.2) is 4.57 Å². The number of nitrogens with zero attached hydrogens (tertiary/aromatic N) is 9. The van der Waals surface area contributed by atoms with Gasteiger partial charge >= 0.3 is 0 Å². The van der Waals surface area contributed by atoms with Crippen molar-refractivity contribution in [3.8, 4) is 34.2 Å². The van der Waals surface area contributed by atoms with E-state index in [0.29, 0.717) is 28.2 Å². The molecule has 2 fully saturated rings.